The summed E-state index contributed by atoms with van der Waals surface area (Å²) in [6.45, 7) is 4.30. The van der Waals surface area contributed by atoms with Crippen molar-refractivity contribution in [3.63, 3.8) is 0 Å². The molecule has 100 valence electrons. The molecule has 1 unspecified atom stereocenters. The van der Waals surface area contributed by atoms with Crippen LogP contribution in [0.5, 0.6) is 0 Å². The van der Waals surface area contributed by atoms with Gasteiger partial charge in [-0.2, -0.15) is 0 Å². The van der Waals surface area contributed by atoms with E-state index in [1.165, 1.54) is 11.1 Å². The first kappa shape index (κ1) is 14.1. The van der Waals surface area contributed by atoms with Crippen molar-refractivity contribution in [2.75, 3.05) is 0 Å². The van der Waals surface area contributed by atoms with Gasteiger partial charge in [0.25, 0.3) is 0 Å². The first-order valence-corrected chi connectivity index (χ1v) is 7.08. The Morgan fingerprint density at radius 1 is 0.895 bits per heavy atom. The fourth-order valence-electron chi connectivity index (χ4n) is 2.33. The monoisotopic (exact) mass is 274 g/mol. The van der Waals surface area contributed by atoms with Crippen LogP contribution in [0.2, 0.25) is 5.02 Å². The first-order chi connectivity index (χ1) is 9.15. The summed E-state index contributed by atoms with van der Waals surface area (Å²) in [7, 11) is 0. The van der Waals surface area contributed by atoms with Crippen LogP contribution in [0.1, 0.15) is 42.2 Å². The van der Waals surface area contributed by atoms with E-state index in [1.807, 2.05) is 18.2 Å². The van der Waals surface area contributed by atoms with Crippen molar-refractivity contribution < 1.29 is 5.11 Å². The Labute approximate surface area is 119 Å². The molecule has 19 heavy (non-hydrogen) atoms. The van der Waals surface area contributed by atoms with E-state index in [1.54, 1.807) is 12.1 Å². The van der Waals surface area contributed by atoms with Crippen LogP contribution in [0.3, 0.4) is 0 Å². The van der Waals surface area contributed by atoms with Crippen molar-refractivity contribution in [2.45, 2.75) is 32.8 Å². The first-order valence-electron chi connectivity index (χ1n) is 6.71. The summed E-state index contributed by atoms with van der Waals surface area (Å²) in [6.07, 6.45) is 1.43. The van der Waals surface area contributed by atoms with Gasteiger partial charge in [-0.05, 0) is 47.2 Å². The van der Waals surface area contributed by atoms with Crippen LogP contribution in [0, 0.1) is 0 Å². The van der Waals surface area contributed by atoms with E-state index in [2.05, 4.69) is 26.0 Å². The molecule has 0 aliphatic heterocycles. The van der Waals surface area contributed by atoms with Crippen molar-refractivity contribution >= 4 is 11.6 Å². The molecule has 0 fully saturated rings. The highest BCUT2D eigenvalue weighted by atomic mass is 35.5. The highest BCUT2D eigenvalue weighted by molar-refractivity contribution is 6.30. The fourth-order valence-corrected chi connectivity index (χ4v) is 2.45. The number of benzene rings is 2. The molecule has 2 aromatic carbocycles. The number of halogens is 1. The Morgan fingerprint density at radius 3 is 2.05 bits per heavy atom. The molecule has 0 amide bonds. The smallest absolute Gasteiger partial charge is 0.104 e. The average molecular weight is 275 g/mol. The Hall–Kier alpha value is -1.31. The molecule has 2 rings (SSSR count). The standard InChI is InChI=1S/C17H19ClO/c1-3-12-5-6-15(11-13(12)4-2)17(19)14-7-9-16(18)10-8-14/h5-11,17,19H,3-4H2,1-2H3. The van der Waals surface area contributed by atoms with Gasteiger partial charge >= 0.3 is 0 Å². The second kappa shape index (κ2) is 6.23. The predicted octanol–water partition coefficient (Wildman–Crippen LogP) is 4.55. The molecule has 0 heterocycles. The highest BCUT2D eigenvalue weighted by Gasteiger charge is 2.11. The van der Waals surface area contributed by atoms with Gasteiger partial charge in [-0.1, -0.05) is 55.8 Å². The maximum Gasteiger partial charge on any atom is 0.104 e. The van der Waals surface area contributed by atoms with Crippen LogP contribution in [-0.2, 0) is 12.8 Å². The normalized spacial score (nSPS) is 12.4. The molecule has 0 aromatic heterocycles. The van der Waals surface area contributed by atoms with Gasteiger partial charge in [-0.15, -0.1) is 0 Å². The lowest BCUT2D eigenvalue weighted by atomic mass is 9.95. The summed E-state index contributed by atoms with van der Waals surface area (Å²) < 4.78 is 0. The second-order valence-electron chi connectivity index (χ2n) is 4.69. The molecular formula is C17H19ClO. The van der Waals surface area contributed by atoms with E-state index in [0.29, 0.717) is 5.02 Å². The summed E-state index contributed by atoms with van der Waals surface area (Å²) in [5.41, 5.74) is 4.48. The minimum absolute atomic E-state index is 0.589. The lowest BCUT2D eigenvalue weighted by molar-refractivity contribution is 0.220. The third-order valence-corrected chi connectivity index (χ3v) is 3.75. The minimum Gasteiger partial charge on any atom is -0.384 e. The molecule has 1 N–H and O–H groups in total. The van der Waals surface area contributed by atoms with Crippen molar-refractivity contribution in [3.8, 4) is 0 Å². The zero-order chi connectivity index (χ0) is 13.8. The number of aliphatic hydroxyl groups excluding tert-OH is 1. The summed E-state index contributed by atoms with van der Waals surface area (Å²) in [5, 5.41) is 11.1. The summed E-state index contributed by atoms with van der Waals surface area (Å²) in [5.74, 6) is 0. The molecule has 0 saturated heterocycles. The summed E-state index contributed by atoms with van der Waals surface area (Å²) in [6, 6.07) is 13.6. The number of aliphatic hydroxyl groups is 1. The molecule has 0 aliphatic carbocycles. The molecular weight excluding hydrogens is 256 g/mol. The van der Waals surface area contributed by atoms with Crippen LogP contribution in [0.15, 0.2) is 42.5 Å². The van der Waals surface area contributed by atoms with Gasteiger partial charge in [0.15, 0.2) is 0 Å². The van der Waals surface area contributed by atoms with E-state index in [0.717, 1.165) is 24.0 Å². The molecule has 2 heteroatoms. The average Bonchev–Trinajstić information content (AvgIpc) is 2.46. The molecule has 0 radical (unpaired) electrons. The van der Waals surface area contributed by atoms with Crippen molar-refractivity contribution in [2.24, 2.45) is 0 Å². The molecule has 1 atom stereocenters. The Bertz CT molecular complexity index is 546. The fraction of sp³-hybridized carbons (Fsp3) is 0.294. The lowest BCUT2D eigenvalue weighted by Gasteiger charge is -2.15. The van der Waals surface area contributed by atoms with Gasteiger partial charge in [0.05, 0.1) is 0 Å². The third-order valence-electron chi connectivity index (χ3n) is 3.49. The lowest BCUT2D eigenvalue weighted by Crippen LogP contribution is -2.02. The quantitative estimate of drug-likeness (QED) is 0.867. The minimum atomic E-state index is -0.589. The number of aryl methyl sites for hydroxylation is 2. The zero-order valence-corrected chi connectivity index (χ0v) is 12.1. The molecule has 1 nitrogen and oxygen atoms in total. The van der Waals surface area contributed by atoms with Gasteiger partial charge in [0.2, 0.25) is 0 Å². The van der Waals surface area contributed by atoms with Crippen LogP contribution in [-0.4, -0.2) is 5.11 Å². The number of rotatable bonds is 4. The Kier molecular flexibility index (Phi) is 4.62. The van der Waals surface area contributed by atoms with Gasteiger partial charge in [0.1, 0.15) is 6.10 Å². The van der Waals surface area contributed by atoms with E-state index in [-0.39, 0.29) is 0 Å². The van der Waals surface area contributed by atoms with E-state index >= 15 is 0 Å². The topological polar surface area (TPSA) is 20.2 Å². The maximum absolute atomic E-state index is 10.4. The van der Waals surface area contributed by atoms with Crippen LogP contribution < -0.4 is 0 Å². The predicted molar refractivity (Wildman–Crippen MR) is 80.7 cm³/mol. The van der Waals surface area contributed by atoms with Gasteiger partial charge in [0, 0.05) is 5.02 Å². The molecule has 2 aromatic rings. The summed E-state index contributed by atoms with van der Waals surface area (Å²) in [4.78, 5) is 0. The largest absolute Gasteiger partial charge is 0.384 e. The van der Waals surface area contributed by atoms with E-state index < -0.39 is 6.10 Å². The second-order valence-corrected chi connectivity index (χ2v) is 5.13. The van der Waals surface area contributed by atoms with Crippen molar-refractivity contribution in [1.29, 1.82) is 0 Å². The Morgan fingerprint density at radius 2 is 1.47 bits per heavy atom. The molecule has 0 aliphatic rings. The van der Waals surface area contributed by atoms with Gasteiger partial charge in [-0.3, -0.25) is 0 Å². The molecule has 0 saturated carbocycles. The summed E-state index contributed by atoms with van der Waals surface area (Å²) >= 11 is 5.87. The number of hydrogen-bond acceptors (Lipinski definition) is 1. The van der Waals surface area contributed by atoms with Gasteiger partial charge < -0.3 is 5.11 Å². The van der Waals surface area contributed by atoms with Crippen LogP contribution >= 0.6 is 11.6 Å². The van der Waals surface area contributed by atoms with E-state index in [4.69, 9.17) is 11.6 Å². The number of hydrogen-bond donors (Lipinski definition) is 1. The van der Waals surface area contributed by atoms with Crippen LogP contribution in [0.25, 0.3) is 0 Å². The van der Waals surface area contributed by atoms with Crippen molar-refractivity contribution in [3.05, 3.63) is 69.7 Å². The third kappa shape index (κ3) is 3.17. The molecule has 0 spiro atoms. The van der Waals surface area contributed by atoms with Crippen molar-refractivity contribution in [1.82, 2.24) is 0 Å². The van der Waals surface area contributed by atoms with Gasteiger partial charge in [-0.25, -0.2) is 0 Å². The maximum atomic E-state index is 10.4. The van der Waals surface area contributed by atoms with E-state index in [9.17, 15) is 5.11 Å². The highest BCUT2D eigenvalue weighted by Crippen LogP contribution is 2.25. The SMILES string of the molecule is CCc1ccc(C(O)c2ccc(Cl)cc2)cc1CC. The Balaban J connectivity index is 2.33. The zero-order valence-electron chi connectivity index (χ0n) is 11.4. The van der Waals surface area contributed by atoms with Crippen LogP contribution in [0.4, 0.5) is 0 Å². The molecule has 0 bridgehead atoms.